The van der Waals surface area contributed by atoms with Crippen molar-refractivity contribution in [1.29, 1.82) is 0 Å². The van der Waals surface area contributed by atoms with E-state index in [1.54, 1.807) is 0 Å². The number of rotatable bonds is 8. The number of aliphatic hydroxyl groups excluding tert-OH is 1. The summed E-state index contributed by atoms with van der Waals surface area (Å²) in [5.41, 5.74) is 6.59. The van der Waals surface area contributed by atoms with Gasteiger partial charge in [0.05, 0.1) is 0 Å². The van der Waals surface area contributed by atoms with Gasteiger partial charge in [0.25, 0.3) is 0 Å². The zero-order valence-corrected chi connectivity index (χ0v) is 11.3. The summed E-state index contributed by atoms with van der Waals surface area (Å²) in [7, 11) is 2.00. The average molecular weight is 252 g/mol. The molecule has 1 unspecified atom stereocenters. The Morgan fingerprint density at radius 2 is 2.22 bits per heavy atom. The third-order valence-electron chi connectivity index (χ3n) is 2.70. The molecule has 4 heteroatoms. The molecule has 0 radical (unpaired) electrons. The Labute approximate surface area is 109 Å². The fraction of sp³-hybridized carbons (Fsp3) is 0.571. The van der Waals surface area contributed by atoms with Gasteiger partial charge in [-0.1, -0.05) is 19.1 Å². The monoisotopic (exact) mass is 252 g/mol. The molecule has 0 bridgehead atoms. The van der Waals surface area contributed by atoms with E-state index in [1.165, 1.54) is 0 Å². The maximum absolute atomic E-state index is 9.84. The average Bonchev–Trinajstić information content (AvgIpc) is 2.37. The molecule has 1 atom stereocenters. The molecule has 0 spiro atoms. The Kier molecular flexibility index (Phi) is 6.72. The van der Waals surface area contributed by atoms with Gasteiger partial charge in [-0.3, -0.25) is 0 Å². The molecule has 0 heterocycles. The lowest BCUT2D eigenvalue weighted by Gasteiger charge is -2.20. The van der Waals surface area contributed by atoms with Crippen molar-refractivity contribution in [3.8, 4) is 5.75 Å². The topological polar surface area (TPSA) is 58.7 Å². The predicted octanol–water partition coefficient (Wildman–Crippen LogP) is 1.23. The number of nitrogens with zero attached hydrogens (tertiary/aromatic N) is 1. The number of ether oxygens (including phenoxy) is 1. The van der Waals surface area contributed by atoms with E-state index in [2.05, 4.69) is 11.8 Å². The minimum absolute atomic E-state index is 0.308. The van der Waals surface area contributed by atoms with Crippen molar-refractivity contribution < 1.29 is 9.84 Å². The first kappa shape index (κ1) is 15.0. The second kappa shape index (κ2) is 8.08. The quantitative estimate of drug-likeness (QED) is 0.730. The first-order chi connectivity index (χ1) is 8.65. The van der Waals surface area contributed by atoms with Gasteiger partial charge in [0.2, 0.25) is 0 Å². The molecule has 0 fully saturated rings. The van der Waals surface area contributed by atoms with Crippen molar-refractivity contribution in [3.63, 3.8) is 0 Å². The molecule has 0 aliphatic heterocycles. The maximum atomic E-state index is 9.84. The summed E-state index contributed by atoms with van der Waals surface area (Å²) in [5, 5.41) is 9.84. The van der Waals surface area contributed by atoms with E-state index in [0.717, 1.165) is 24.3 Å². The van der Waals surface area contributed by atoms with Crippen LogP contribution in [0.1, 0.15) is 18.9 Å². The van der Waals surface area contributed by atoms with Crippen LogP contribution in [0.15, 0.2) is 24.3 Å². The normalized spacial score (nSPS) is 12.7. The van der Waals surface area contributed by atoms with E-state index >= 15 is 0 Å². The maximum Gasteiger partial charge on any atom is 0.119 e. The highest BCUT2D eigenvalue weighted by atomic mass is 16.5. The molecule has 1 rings (SSSR count). The van der Waals surface area contributed by atoms with E-state index in [1.807, 2.05) is 31.3 Å². The molecule has 4 nitrogen and oxygen atoms in total. The third kappa shape index (κ3) is 5.49. The highest BCUT2D eigenvalue weighted by Crippen LogP contribution is 2.13. The van der Waals surface area contributed by atoms with Crippen LogP contribution < -0.4 is 10.5 Å². The first-order valence-electron chi connectivity index (χ1n) is 6.44. The highest BCUT2D eigenvalue weighted by molar-refractivity contribution is 5.28. The number of aliphatic hydroxyl groups is 1. The van der Waals surface area contributed by atoms with Gasteiger partial charge in [0.1, 0.15) is 18.5 Å². The molecule has 0 saturated carbocycles. The lowest BCUT2D eigenvalue weighted by molar-refractivity contribution is 0.0764. The van der Waals surface area contributed by atoms with Gasteiger partial charge in [-0.2, -0.15) is 0 Å². The van der Waals surface area contributed by atoms with Gasteiger partial charge >= 0.3 is 0 Å². The van der Waals surface area contributed by atoms with Crippen LogP contribution in [-0.2, 0) is 6.54 Å². The second-order valence-electron chi connectivity index (χ2n) is 4.58. The summed E-state index contributed by atoms with van der Waals surface area (Å²) in [6.45, 7) is 4.54. The molecule has 102 valence electrons. The lowest BCUT2D eigenvalue weighted by Crippen LogP contribution is -2.33. The van der Waals surface area contributed by atoms with Crippen molar-refractivity contribution in [2.24, 2.45) is 5.73 Å². The molecule has 3 N–H and O–H groups in total. The van der Waals surface area contributed by atoms with Gasteiger partial charge in [-0.05, 0) is 37.7 Å². The third-order valence-corrected chi connectivity index (χ3v) is 2.70. The standard InChI is InChI=1S/C14H24N2O2/c1-3-7-16(2)10-13(17)11-18-14-6-4-5-12(8-14)9-15/h4-6,8,13,17H,3,7,9-11,15H2,1-2H3. The van der Waals surface area contributed by atoms with E-state index in [-0.39, 0.29) is 0 Å². The minimum atomic E-state index is -0.469. The molecule has 0 aromatic heterocycles. The summed E-state index contributed by atoms with van der Waals surface area (Å²) in [6.07, 6.45) is 0.617. The first-order valence-corrected chi connectivity index (χ1v) is 6.44. The molecule has 1 aromatic carbocycles. The summed E-state index contributed by atoms with van der Waals surface area (Å²) < 4.78 is 5.56. The fourth-order valence-corrected chi connectivity index (χ4v) is 1.84. The Balaban J connectivity index is 2.35. The highest BCUT2D eigenvalue weighted by Gasteiger charge is 2.08. The minimum Gasteiger partial charge on any atom is -0.491 e. The zero-order chi connectivity index (χ0) is 13.4. The van der Waals surface area contributed by atoms with Crippen molar-refractivity contribution >= 4 is 0 Å². The summed E-state index contributed by atoms with van der Waals surface area (Å²) in [4.78, 5) is 2.10. The Hall–Kier alpha value is -1.10. The smallest absolute Gasteiger partial charge is 0.119 e. The second-order valence-corrected chi connectivity index (χ2v) is 4.58. The number of benzene rings is 1. The summed E-state index contributed by atoms with van der Waals surface area (Å²) >= 11 is 0. The number of likely N-dealkylation sites (N-methyl/N-ethyl adjacent to an activating group) is 1. The summed E-state index contributed by atoms with van der Waals surface area (Å²) in [6, 6.07) is 7.65. The van der Waals surface area contributed by atoms with Gasteiger partial charge in [-0.15, -0.1) is 0 Å². The molecule has 0 aliphatic rings. The van der Waals surface area contributed by atoms with Crippen LogP contribution in [0.5, 0.6) is 5.75 Å². The van der Waals surface area contributed by atoms with Gasteiger partial charge in [0.15, 0.2) is 0 Å². The van der Waals surface area contributed by atoms with Crippen LogP contribution in [0.4, 0.5) is 0 Å². The molecule has 0 aliphatic carbocycles. The molecule has 18 heavy (non-hydrogen) atoms. The lowest BCUT2D eigenvalue weighted by atomic mass is 10.2. The van der Waals surface area contributed by atoms with E-state index in [9.17, 15) is 5.11 Å². The van der Waals surface area contributed by atoms with Gasteiger partial charge in [0, 0.05) is 13.1 Å². The van der Waals surface area contributed by atoms with Gasteiger partial charge in [-0.25, -0.2) is 0 Å². The van der Waals surface area contributed by atoms with Crippen molar-refractivity contribution in [2.75, 3.05) is 26.7 Å². The van der Waals surface area contributed by atoms with Crippen molar-refractivity contribution in [1.82, 2.24) is 4.90 Å². The van der Waals surface area contributed by atoms with Crippen LogP contribution in [0.3, 0.4) is 0 Å². The fourth-order valence-electron chi connectivity index (χ4n) is 1.84. The number of hydrogen-bond donors (Lipinski definition) is 2. The zero-order valence-electron chi connectivity index (χ0n) is 11.3. The van der Waals surface area contributed by atoms with Crippen LogP contribution in [0.25, 0.3) is 0 Å². The van der Waals surface area contributed by atoms with Crippen LogP contribution in [0.2, 0.25) is 0 Å². The molecule has 0 saturated heterocycles. The SMILES string of the molecule is CCCN(C)CC(O)COc1cccc(CN)c1. The Bertz CT molecular complexity index is 344. The largest absolute Gasteiger partial charge is 0.491 e. The molecule has 1 aromatic rings. The number of hydrogen-bond acceptors (Lipinski definition) is 4. The van der Waals surface area contributed by atoms with E-state index in [0.29, 0.717) is 19.7 Å². The van der Waals surface area contributed by atoms with Crippen LogP contribution in [0, 0.1) is 0 Å². The van der Waals surface area contributed by atoms with Gasteiger partial charge < -0.3 is 20.5 Å². The van der Waals surface area contributed by atoms with Crippen molar-refractivity contribution in [3.05, 3.63) is 29.8 Å². The Morgan fingerprint density at radius 1 is 1.44 bits per heavy atom. The molecular formula is C14H24N2O2. The van der Waals surface area contributed by atoms with E-state index in [4.69, 9.17) is 10.5 Å². The van der Waals surface area contributed by atoms with Crippen LogP contribution >= 0.6 is 0 Å². The van der Waals surface area contributed by atoms with E-state index < -0.39 is 6.10 Å². The molecule has 0 amide bonds. The van der Waals surface area contributed by atoms with Crippen molar-refractivity contribution in [2.45, 2.75) is 26.0 Å². The predicted molar refractivity (Wildman–Crippen MR) is 73.6 cm³/mol. The molecular weight excluding hydrogens is 228 g/mol. The summed E-state index contributed by atoms with van der Waals surface area (Å²) in [5.74, 6) is 0.759. The number of nitrogens with two attached hydrogens (primary N) is 1. The van der Waals surface area contributed by atoms with Crippen LogP contribution in [-0.4, -0.2) is 42.9 Å². The Morgan fingerprint density at radius 3 is 2.89 bits per heavy atom.